The minimum Gasteiger partial charge on any atom is -0.353 e. The molecule has 0 fully saturated rings. The summed E-state index contributed by atoms with van der Waals surface area (Å²) in [7, 11) is -3.54. The van der Waals surface area contributed by atoms with Gasteiger partial charge in [-0.05, 0) is 24.3 Å². The second-order valence-electron chi connectivity index (χ2n) is 5.17. The highest BCUT2D eigenvalue weighted by atomic mass is 32.2. The van der Waals surface area contributed by atoms with Crippen LogP contribution in [0.25, 0.3) is 21.8 Å². The summed E-state index contributed by atoms with van der Waals surface area (Å²) in [6.45, 7) is 0. The van der Waals surface area contributed by atoms with Gasteiger partial charge in [0.25, 0.3) is 0 Å². The lowest BCUT2D eigenvalue weighted by Crippen LogP contribution is -2.02. The monoisotopic (exact) mass is 307 g/mol. The number of aromatic nitrogens is 1. The molecule has 3 nitrogen and oxygen atoms in total. The van der Waals surface area contributed by atoms with Crippen LogP contribution in [0.5, 0.6) is 0 Å². The van der Waals surface area contributed by atoms with Gasteiger partial charge in [-0.1, -0.05) is 48.5 Å². The Morgan fingerprint density at radius 1 is 0.682 bits per heavy atom. The van der Waals surface area contributed by atoms with Crippen molar-refractivity contribution in [3.63, 3.8) is 0 Å². The summed E-state index contributed by atoms with van der Waals surface area (Å²) in [5.74, 6) is 0. The predicted molar refractivity (Wildman–Crippen MR) is 87.7 cm³/mol. The van der Waals surface area contributed by atoms with E-state index >= 15 is 0 Å². The summed E-state index contributed by atoms with van der Waals surface area (Å²) in [5.41, 5.74) is 1.60. The van der Waals surface area contributed by atoms with E-state index in [9.17, 15) is 8.42 Å². The van der Waals surface area contributed by atoms with E-state index in [0.717, 1.165) is 16.3 Å². The fourth-order valence-electron chi connectivity index (χ4n) is 2.80. The molecular weight excluding hydrogens is 294 g/mol. The molecule has 0 bridgehead atoms. The lowest BCUT2D eigenvalue weighted by Gasteiger charge is -2.05. The van der Waals surface area contributed by atoms with Crippen molar-refractivity contribution in [1.29, 1.82) is 0 Å². The molecule has 4 rings (SSSR count). The Balaban J connectivity index is 2.08. The van der Waals surface area contributed by atoms with E-state index in [0.29, 0.717) is 15.3 Å². The SMILES string of the molecule is O=S(=O)(c1ccccc1)c1cccc2c1[nH]c1ccccc12. The number of fused-ring (bicyclic) bond motifs is 3. The molecule has 0 atom stereocenters. The maximum absolute atomic E-state index is 12.9. The highest BCUT2D eigenvalue weighted by Gasteiger charge is 2.21. The molecular formula is C18H13NO2S. The molecule has 1 aromatic heterocycles. The summed E-state index contributed by atoms with van der Waals surface area (Å²) in [4.78, 5) is 3.86. The van der Waals surface area contributed by atoms with E-state index in [1.807, 2.05) is 36.4 Å². The molecule has 0 amide bonds. The van der Waals surface area contributed by atoms with Crippen LogP contribution in [-0.2, 0) is 9.84 Å². The van der Waals surface area contributed by atoms with Gasteiger partial charge in [0.05, 0.1) is 15.3 Å². The molecule has 108 valence electrons. The van der Waals surface area contributed by atoms with Gasteiger partial charge in [0.15, 0.2) is 0 Å². The lowest BCUT2D eigenvalue weighted by molar-refractivity contribution is 0.597. The first-order valence-electron chi connectivity index (χ1n) is 6.97. The van der Waals surface area contributed by atoms with Crippen molar-refractivity contribution in [2.24, 2.45) is 0 Å². The fourth-order valence-corrected chi connectivity index (χ4v) is 4.25. The second-order valence-corrected chi connectivity index (χ2v) is 7.08. The van der Waals surface area contributed by atoms with Gasteiger partial charge in [-0.2, -0.15) is 0 Å². The van der Waals surface area contributed by atoms with Gasteiger partial charge < -0.3 is 4.98 Å². The van der Waals surface area contributed by atoms with Gasteiger partial charge in [0.2, 0.25) is 9.84 Å². The van der Waals surface area contributed by atoms with Crippen LogP contribution in [0.15, 0.2) is 82.6 Å². The summed E-state index contributed by atoms with van der Waals surface area (Å²) in [5, 5.41) is 1.95. The Morgan fingerprint density at radius 3 is 2.18 bits per heavy atom. The van der Waals surface area contributed by atoms with Crippen LogP contribution in [0.4, 0.5) is 0 Å². The zero-order chi connectivity index (χ0) is 15.2. The number of benzene rings is 3. The van der Waals surface area contributed by atoms with Crippen LogP contribution in [0, 0.1) is 0 Å². The van der Waals surface area contributed by atoms with Crippen molar-refractivity contribution in [2.75, 3.05) is 0 Å². The Bertz CT molecular complexity index is 1080. The molecule has 1 heterocycles. The van der Waals surface area contributed by atoms with Crippen molar-refractivity contribution in [1.82, 2.24) is 4.98 Å². The molecule has 3 aromatic carbocycles. The number of nitrogens with one attached hydrogen (secondary N) is 1. The highest BCUT2D eigenvalue weighted by molar-refractivity contribution is 7.91. The minimum absolute atomic E-state index is 0.307. The van der Waals surface area contributed by atoms with E-state index in [2.05, 4.69) is 4.98 Å². The first kappa shape index (κ1) is 13.1. The summed E-state index contributed by atoms with van der Waals surface area (Å²) in [6, 6.07) is 21.7. The molecule has 0 spiro atoms. The third kappa shape index (κ3) is 1.84. The maximum Gasteiger partial charge on any atom is 0.208 e. The van der Waals surface area contributed by atoms with Gasteiger partial charge in [0.1, 0.15) is 0 Å². The molecule has 0 saturated heterocycles. The van der Waals surface area contributed by atoms with Crippen molar-refractivity contribution >= 4 is 31.6 Å². The number of hydrogen-bond acceptors (Lipinski definition) is 2. The zero-order valence-electron chi connectivity index (χ0n) is 11.7. The van der Waals surface area contributed by atoms with E-state index in [1.165, 1.54) is 0 Å². The van der Waals surface area contributed by atoms with Crippen LogP contribution in [0.1, 0.15) is 0 Å². The normalized spacial score (nSPS) is 12.0. The third-order valence-corrected chi connectivity index (χ3v) is 5.66. The number of rotatable bonds is 2. The summed E-state index contributed by atoms with van der Waals surface area (Å²) in [6.07, 6.45) is 0. The molecule has 0 aliphatic carbocycles. The molecule has 0 radical (unpaired) electrons. The van der Waals surface area contributed by atoms with Crippen LogP contribution in [-0.4, -0.2) is 13.4 Å². The van der Waals surface area contributed by atoms with Gasteiger partial charge in [-0.15, -0.1) is 0 Å². The molecule has 0 aliphatic heterocycles. The Hall–Kier alpha value is -2.59. The predicted octanol–water partition coefficient (Wildman–Crippen LogP) is 4.15. The standard InChI is InChI=1S/C18H13NO2S/c20-22(21,13-7-2-1-3-8-13)17-12-6-10-15-14-9-4-5-11-16(14)19-18(15)17/h1-12,19H. The largest absolute Gasteiger partial charge is 0.353 e. The number of sulfone groups is 1. The smallest absolute Gasteiger partial charge is 0.208 e. The Morgan fingerprint density at radius 2 is 1.36 bits per heavy atom. The molecule has 0 saturated carbocycles. The van der Waals surface area contributed by atoms with E-state index in [1.54, 1.807) is 36.4 Å². The second kappa shape index (κ2) is 4.71. The summed E-state index contributed by atoms with van der Waals surface area (Å²) >= 11 is 0. The summed E-state index contributed by atoms with van der Waals surface area (Å²) < 4.78 is 25.8. The molecule has 1 N–H and O–H groups in total. The number of para-hydroxylation sites is 2. The first-order valence-corrected chi connectivity index (χ1v) is 8.46. The van der Waals surface area contributed by atoms with Gasteiger partial charge in [-0.3, -0.25) is 0 Å². The zero-order valence-corrected chi connectivity index (χ0v) is 12.5. The highest BCUT2D eigenvalue weighted by Crippen LogP contribution is 2.32. The number of H-pyrrole nitrogens is 1. The Kier molecular flexibility index (Phi) is 2.81. The lowest BCUT2D eigenvalue weighted by atomic mass is 10.1. The van der Waals surface area contributed by atoms with Gasteiger partial charge >= 0.3 is 0 Å². The Labute approximate surface area is 128 Å². The molecule has 0 unspecified atom stereocenters. The average Bonchev–Trinajstić information content (AvgIpc) is 2.94. The van der Waals surface area contributed by atoms with E-state index < -0.39 is 9.84 Å². The quantitative estimate of drug-likeness (QED) is 0.604. The fraction of sp³-hybridized carbons (Fsp3) is 0. The maximum atomic E-state index is 12.9. The molecule has 4 heteroatoms. The number of aromatic amines is 1. The number of hydrogen-bond donors (Lipinski definition) is 1. The minimum atomic E-state index is -3.54. The van der Waals surface area contributed by atoms with E-state index in [4.69, 9.17) is 0 Å². The van der Waals surface area contributed by atoms with Crippen LogP contribution >= 0.6 is 0 Å². The third-order valence-electron chi connectivity index (χ3n) is 3.85. The van der Waals surface area contributed by atoms with Gasteiger partial charge in [-0.25, -0.2) is 8.42 Å². The van der Waals surface area contributed by atoms with Crippen molar-refractivity contribution < 1.29 is 8.42 Å². The molecule has 4 aromatic rings. The van der Waals surface area contributed by atoms with Crippen LogP contribution < -0.4 is 0 Å². The van der Waals surface area contributed by atoms with Crippen molar-refractivity contribution in [3.8, 4) is 0 Å². The van der Waals surface area contributed by atoms with Crippen LogP contribution in [0.3, 0.4) is 0 Å². The van der Waals surface area contributed by atoms with Crippen LogP contribution in [0.2, 0.25) is 0 Å². The molecule has 0 aliphatic rings. The molecule has 22 heavy (non-hydrogen) atoms. The first-order chi connectivity index (χ1) is 10.7. The van der Waals surface area contributed by atoms with Crippen molar-refractivity contribution in [3.05, 3.63) is 72.8 Å². The van der Waals surface area contributed by atoms with E-state index in [-0.39, 0.29) is 0 Å². The van der Waals surface area contributed by atoms with Gasteiger partial charge in [0, 0.05) is 16.3 Å². The topological polar surface area (TPSA) is 49.9 Å². The average molecular weight is 307 g/mol. The van der Waals surface area contributed by atoms with Crippen molar-refractivity contribution in [2.45, 2.75) is 9.79 Å².